The monoisotopic (exact) mass is 435 g/mol. The largest absolute Gasteiger partial charge is 0.374 e. The van der Waals surface area contributed by atoms with Crippen LogP contribution in [0, 0.1) is 11.8 Å². The maximum atomic E-state index is 12.7. The second-order valence-corrected chi connectivity index (χ2v) is 9.31. The summed E-state index contributed by atoms with van der Waals surface area (Å²) in [6, 6.07) is 7.10. The molecule has 1 atom stereocenters. The molecule has 0 aromatic heterocycles. The van der Waals surface area contributed by atoms with Crippen LogP contribution in [0.3, 0.4) is 0 Å². The molecule has 1 unspecified atom stereocenters. The van der Waals surface area contributed by atoms with Crippen molar-refractivity contribution in [3.05, 3.63) is 34.9 Å². The molecule has 7 heteroatoms. The van der Waals surface area contributed by atoms with Gasteiger partial charge in [0, 0.05) is 42.7 Å². The number of hydrogen-bond donors (Lipinski definition) is 1. The van der Waals surface area contributed by atoms with E-state index in [9.17, 15) is 9.59 Å². The molecule has 0 spiro atoms. The third kappa shape index (κ3) is 7.05. The highest BCUT2D eigenvalue weighted by molar-refractivity contribution is 6.30. The van der Waals surface area contributed by atoms with E-state index in [0.29, 0.717) is 24.0 Å². The van der Waals surface area contributed by atoms with Gasteiger partial charge in [-0.25, -0.2) is 0 Å². The Morgan fingerprint density at radius 3 is 2.50 bits per heavy atom. The SMILES string of the molecule is CC(C)CN1CCOC(CNC(=O)CN2CCC(C(=O)c3ccc(Cl)cc3)CC2)C1. The second kappa shape index (κ2) is 11.2. The Balaban J connectivity index is 1.36. The van der Waals surface area contributed by atoms with Crippen LogP contribution in [0.4, 0.5) is 0 Å². The molecule has 2 aliphatic rings. The lowest BCUT2D eigenvalue weighted by molar-refractivity contribution is -0.123. The Morgan fingerprint density at radius 1 is 1.13 bits per heavy atom. The zero-order valence-corrected chi connectivity index (χ0v) is 18.9. The minimum absolute atomic E-state index is 0.0214. The zero-order chi connectivity index (χ0) is 21.5. The van der Waals surface area contributed by atoms with Crippen molar-refractivity contribution in [3.8, 4) is 0 Å². The van der Waals surface area contributed by atoms with Crippen LogP contribution in [0.1, 0.15) is 37.0 Å². The van der Waals surface area contributed by atoms with Crippen molar-refractivity contribution in [1.82, 2.24) is 15.1 Å². The number of Topliss-reactive ketones (excluding diaryl/α,β-unsaturated/α-hetero) is 1. The molecule has 1 aromatic carbocycles. The van der Waals surface area contributed by atoms with Crippen LogP contribution in [0.5, 0.6) is 0 Å². The Kier molecular flexibility index (Phi) is 8.69. The van der Waals surface area contributed by atoms with Crippen molar-refractivity contribution in [2.24, 2.45) is 11.8 Å². The number of nitrogens with one attached hydrogen (secondary N) is 1. The maximum absolute atomic E-state index is 12.7. The first-order valence-corrected chi connectivity index (χ1v) is 11.4. The van der Waals surface area contributed by atoms with Gasteiger partial charge in [-0.05, 0) is 56.1 Å². The number of likely N-dealkylation sites (tertiary alicyclic amines) is 1. The van der Waals surface area contributed by atoms with Crippen molar-refractivity contribution in [2.75, 3.05) is 52.4 Å². The number of hydrogen-bond acceptors (Lipinski definition) is 5. The van der Waals surface area contributed by atoms with E-state index in [4.69, 9.17) is 16.3 Å². The first-order valence-electron chi connectivity index (χ1n) is 11.0. The van der Waals surface area contributed by atoms with E-state index in [2.05, 4.69) is 29.0 Å². The quantitative estimate of drug-likeness (QED) is 0.636. The van der Waals surface area contributed by atoms with Crippen molar-refractivity contribution in [3.63, 3.8) is 0 Å². The molecule has 6 nitrogen and oxygen atoms in total. The van der Waals surface area contributed by atoms with Crippen molar-refractivity contribution < 1.29 is 14.3 Å². The maximum Gasteiger partial charge on any atom is 0.234 e. The molecular weight excluding hydrogens is 402 g/mol. The average molecular weight is 436 g/mol. The van der Waals surface area contributed by atoms with Crippen LogP contribution in [0.25, 0.3) is 0 Å². The highest BCUT2D eigenvalue weighted by Crippen LogP contribution is 2.22. The number of nitrogens with zero attached hydrogens (tertiary/aromatic N) is 2. The smallest absolute Gasteiger partial charge is 0.234 e. The molecule has 1 N–H and O–H groups in total. The van der Waals surface area contributed by atoms with Crippen LogP contribution in [-0.2, 0) is 9.53 Å². The topological polar surface area (TPSA) is 61.9 Å². The van der Waals surface area contributed by atoms with Crippen LogP contribution in [0.15, 0.2) is 24.3 Å². The minimum Gasteiger partial charge on any atom is -0.374 e. The second-order valence-electron chi connectivity index (χ2n) is 8.87. The van der Waals surface area contributed by atoms with Gasteiger partial charge in [0.1, 0.15) is 0 Å². The highest BCUT2D eigenvalue weighted by Gasteiger charge is 2.27. The van der Waals surface area contributed by atoms with E-state index in [1.165, 1.54) is 0 Å². The Hall–Kier alpha value is -1.47. The number of carbonyl (C=O) groups excluding carboxylic acids is 2. The van der Waals surface area contributed by atoms with Crippen molar-refractivity contribution in [2.45, 2.75) is 32.8 Å². The first-order chi connectivity index (χ1) is 14.4. The number of piperidine rings is 1. The van der Waals surface area contributed by atoms with Crippen molar-refractivity contribution in [1.29, 1.82) is 0 Å². The van der Waals surface area contributed by atoms with Crippen LogP contribution >= 0.6 is 11.6 Å². The Bertz CT molecular complexity index is 702. The molecule has 0 aliphatic carbocycles. The van der Waals surface area contributed by atoms with Gasteiger partial charge in [0.05, 0.1) is 19.3 Å². The van der Waals surface area contributed by atoms with Gasteiger partial charge in [-0.2, -0.15) is 0 Å². The molecule has 2 heterocycles. The molecular formula is C23H34ClN3O3. The normalized spacial score (nSPS) is 21.7. The molecule has 0 saturated carbocycles. The predicted octanol–water partition coefficient (Wildman–Crippen LogP) is 2.71. The molecule has 0 bridgehead atoms. The Morgan fingerprint density at radius 2 is 1.83 bits per heavy atom. The summed E-state index contributed by atoms with van der Waals surface area (Å²) in [6.07, 6.45) is 1.62. The number of benzene rings is 1. The van der Waals surface area contributed by atoms with Gasteiger partial charge in [-0.1, -0.05) is 25.4 Å². The molecule has 1 aromatic rings. The minimum atomic E-state index is 0.0214. The lowest BCUT2D eigenvalue weighted by Gasteiger charge is -2.34. The molecule has 1 amide bonds. The van der Waals surface area contributed by atoms with Crippen LogP contribution < -0.4 is 5.32 Å². The van der Waals surface area contributed by atoms with E-state index < -0.39 is 0 Å². The number of morpholine rings is 1. The summed E-state index contributed by atoms with van der Waals surface area (Å²) < 4.78 is 5.80. The third-order valence-corrected chi connectivity index (χ3v) is 6.08. The number of ketones is 1. The van der Waals surface area contributed by atoms with E-state index >= 15 is 0 Å². The van der Waals surface area contributed by atoms with E-state index in [1.54, 1.807) is 24.3 Å². The van der Waals surface area contributed by atoms with Crippen LogP contribution in [0.2, 0.25) is 5.02 Å². The number of ether oxygens (including phenoxy) is 1. The summed E-state index contributed by atoms with van der Waals surface area (Å²) in [6.45, 7) is 10.5. The van der Waals surface area contributed by atoms with Gasteiger partial charge in [-0.3, -0.25) is 19.4 Å². The molecule has 0 radical (unpaired) electrons. The fourth-order valence-corrected chi connectivity index (χ4v) is 4.40. The lowest BCUT2D eigenvalue weighted by atomic mass is 9.89. The molecule has 2 aliphatic heterocycles. The number of amides is 1. The highest BCUT2D eigenvalue weighted by atomic mass is 35.5. The van der Waals surface area contributed by atoms with Gasteiger partial charge < -0.3 is 10.1 Å². The molecule has 166 valence electrons. The first kappa shape index (κ1) is 23.2. The molecule has 2 saturated heterocycles. The van der Waals surface area contributed by atoms with E-state index in [0.717, 1.165) is 57.7 Å². The number of halogens is 1. The average Bonchev–Trinajstić information content (AvgIpc) is 2.73. The van der Waals surface area contributed by atoms with Gasteiger partial charge in [0.25, 0.3) is 0 Å². The predicted molar refractivity (Wildman–Crippen MR) is 119 cm³/mol. The number of carbonyl (C=O) groups is 2. The van der Waals surface area contributed by atoms with E-state index in [-0.39, 0.29) is 23.7 Å². The summed E-state index contributed by atoms with van der Waals surface area (Å²) in [5.41, 5.74) is 0.717. The summed E-state index contributed by atoms with van der Waals surface area (Å²) in [7, 11) is 0. The molecule has 30 heavy (non-hydrogen) atoms. The standard InChI is InChI=1S/C23H34ClN3O3/c1-17(2)14-27-11-12-30-21(15-27)13-25-22(28)16-26-9-7-19(8-10-26)23(29)18-3-5-20(24)6-4-18/h3-6,17,19,21H,7-16H2,1-2H3,(H,25,28). The summed E-state index contributed by atoms with van der Waals surface area (Å²) in [5, 5.41) is 3.66. The summed E-state index contributed by atoms with van der Waals surface area (Å²) in [5.74, 6) is 0.860. The van der Waals surface area contributed by atoms with Gasteiger partial charge in [0.2, 0.25) is 5.91 Å². The zero-order valence-electron chi connectivity index (χ0n) is 18.1. The van der Waals surface area contributed by atoms with Gasteiger partial charge >= 0.3 is 0 Å². The fraction of sp³-hybridized carbons (Fsp3) is 0.652. The van der Waals surface area contributed by atoms with Crippen molar-refractivity contribution >= 4 is 23.3 Å². The summed E-state index contributed by atoms with van der Waals surface area (Å²) >= 11 is 5.91. The number of rotatable bonds is 8. The Labute approximate surface area is 184 Å². The van der Waals surface area contributed by atoms with Gasteiger partial charge in [0.15, 0.2) is 5.78 Å². The van der Waals surface area contributed by atoms with Crippen LogP contribution in [-0.4, -0.2) is 80.0 Å². The summed E-state index contributed by atoms with van der Waals surface area (Å²) in [4.78, 5) is 29.6. The van der Waals surface area contributed by atoms with Gasteiger partial charge in [-0.15, -0.1) is 0 Å². The lowest BCUT2D eigenvalue weighted by Crippen LogP contribution is -2.50. The van der Waals surface area contributed by atoms with E-state index in [1.807, 2.05) is 0 Å². The third-order valence-electron chi connectivity index (χ3n) is 5.83. The molecule has 2 fully saturated rings. The molecule has 3 rings (SSSR count). The fourth-order valence-electron chi connectivity index (χ4n) is 4.28.